The first kappa shape index (κ1) is 20.1. The third-order valence-corrected chi connectivity index (χ3v) is 5.74. The standard InChI is InChI=1S/C18H31NO6/c1-5-11(2)16(21)25-12(3)18(4,23)17(22)24-10-13-6-8-19-9-7-14(20)15(13)19/h11-15,20,23H,5-10H2,1-4H3/t11-,12+,13-,14+,15+,18+/m0/s1. The van der Waals surface area contributed by atoms with Gasteiger partial charge in [0.15, 0.2) is 5.60 Å². The van der Waals surface area contributed by atoms with Gasteiger partial charge in [-0.3, -0.25) is 9.69 Å². The fourth-order valence-electron chi connectivity index (χ4n) is 3.49. The van der Waals surface area contributed by atoms with Crippen LogP contribution in [0.15, 0.2) is 0 Å². The highest BCUT2D eigenvalue weighted by atomic mass is 16.6. The molecule has 7 heteroatoms. The van der Waals surface area contributed by atoms with E-state index in [0.717, 1.165) is 25.9 Å². The summed E-state index contributed by atoms with van der Waals surface area (Å²) in [6, 6.07) is 0.0263. The van der Waals surface area contributed by atoms with Crippen molar-refractivity contribution in [1.29, 1.82) is 0 Å². The Morgan fingerprint density at radius 3 is 2.56 bits per heavy atom. The Balaban J connectivity index is 1.87. The lowest BCUT2D eigenvalue weighted by Gasteiger charge is -2.29. The predicted molar refractivity (Wildman–Crippen MR) is 90.7 cm³/mol. The maximum atomic E-state index is 12.3. The van der Waals surface area contributed by atoms with E-state index in [9.17, 15) is 19.8 Å². The zero-order chi connectivity index (χ0) is 18.8. The molecule has 2 saturated heterocycles. The summed E-state index contributed by atoms with van der Waals surface area (Å²) in [5.74, 6) is -1.47. The molecule has 2 fully saturated rings. The van der Waals surface area contributed by atoms with Crippen LogP contribution in [-0.2, 0) is 19.1 Å². The predicted octanol–water partition coefficient (Wildman–Crippen LogP) is 0.714. The van der Waals surface area contributed by atoms with Gasteiger partial charge in [0, 0.05) is 18.5 Å². The highest BCUT2D eigenvalue weighted by Gasteiger charge is 2.45. The first-order valence-corrected chi connectivity index (χ1v) is 9.20. The van der Waals surface area contributed by atoms with Crippen LogP contribution in [0.1, 0.15) is 47.0 Å². The molecule has 2 aliphatic heterocycles. The number of esters is 2. The van der Waals surface area contributed by atoms with E-state index in [-0.39, 0.29) is 30.6 Å². The van der Waals surface area contributed by atoms with Gasteiger partial charge < -0.3 is 19.7 Å². The van der Waals surface area contributed by atoms with Gasteiger partial charge in [-0.1, -0.05) is 13.8 Å². The molecule has 2 aliphatic rings. The molecule has 0 unspecified atom stereocenters. The van der Waals surface area contributed by atoms with Crippen LogP contribution in [0.2, 0.25) is 0 Å². The van der Waals surface area contributed by atoms with E-state index in [0.29, 0.717) is 6.42 Å². The number of nitrogens with zero attached hydrogens (tertiary/aromatic N) is 1. The Bertz CT molecular complexity index is 494. The summed E-state index contributed by atoms with van der Waals surface area (Å²) >= 11 is 0. The number of ether oxygens (including phenoxy) is 2. The SMILES string of the molecule is CC[C@H](C)C(=O)O[C@H](C)[C@@](C)(O)C(=O)OC[C@@H]1CCN2CC[C@@H](O)[C@@H]12. The minimum Gasteiger partial charge on any atom is -0.463 e. The molecule has 7 nitrogen and oxygen atoms in total. The maximum Gasteiger partial charge on any atom is 0.341 e. The minimum atomic E-state index is -1.91. The summed E-state index contributed by atoms with van der Waals surface area (Å²) in [4.78, 5) is 26.4. The van der Waals surface area contributed by atoms with Gasteiger partial charge >= 0.3 is 11.9 Å². The van der Waals surface area contributed by atoms with Gasteiger partial charge in [-0.2, -0.15) is 0 Å². The fourth-order valence-corrected chi connectivity index (χ4v) is 3.49. The van der Waals surface area contributed by atoms with E-state index in [1.54, 1.807) is 6.92 Å². The van der Waals surface area contributed by atoms with Crippen LogP contribution in [0, 0.1) is 11.8 Å². The number of rotatable bonds is 7. The molecule has 2 N–H and O–H groups in total. The molecule has 0 aromatic rings. The lowest BCUT2D eigenvalue weighted by Crippen LogP contribution is -2.49. The summed E-state index contributed by atoms with van der Waals surface area (Å²) < 4.78 is 10.5. The number of hydrogen-bond acceptors (Lipinski definition) is 7. The zero-order valence-corrected chi connectivity index (χ0v) is 15.6. The summed E-state index contributed by atoms with van der Waals surface area (Å²) in [6.45, 7) is 8.31. The number of aliphatic hydroxyl groups is 2. The average Bonchev–Trinajstić information content (AvgIpc) is 3.14. The highest BCUT2D eigenvalue weighted by molar-refractivity contribution is 5.80. The van der Waals surface area contributed by atoms with E-state index < -0.39 is 23.6 Å². The first-order valence-electron chi connectivity index (χ1n) is 9.20. The van der Waals surface area contributed by atoms with Crippen molar-refractivity contribution in [3.05, 3.63) is 0 Å². The highest BCUT2D eigenvalue weighted by Crippen LogP contribution is 2.33. The Hall–Kier alpha value is -1.18. The molecule has 2 heterocycles. The smallest absolute Gasteiger partial charge is 0.341 e. The third kappa shape index (κ3) is 4.33. The average molecular weight is 357 g/mol. The molecule has 0 aliphatic carbocycles. The van der Waals surface area contributed by atoms with Crippen LogP contribution < -0.4 is 0 Å². The van der Waals surface area contributed by atoms with Gasteiger partial charge in [0.2, 0.25) is 0 Å². The van der Waals surface area contributed by atoms with Crippen molar-refractivity contribution in [1.82, 2.24) is 4.90 Å². The molecule has 6 atom stereocenters. The molecule has 144 valence electrons. The van der Waals surface area contributed by atoms with E-state index in [1.807, 2.05) is 6.92 Å². The van der Waals surface area contributed by atoms with Gasteiger partial charge in [0.1, 0.15) is 6.10 Å². The Labute approximate surface area is 149 Å². The molecule has 0 amide bonds. The molecule has 25 heavy (non-hydrogen) atoms. The Kier molecular flexibility index (Phi) is 6.45. The number of fused-ring (bicyclic) bond motifs is 1. The van der Waals surface area contributed by atoms with Crippen molar-refractivity contribution >= 4 is 11.9 Å². The van der Waals surface area contributed by atoms with E-state index in [4.69, 9.17) is 9.47 Å². The second-order valence-corrected chi connectivity index (χ2v) is 7.57. The summed E-state index contributed by atoms with van der Waals surface area (Å²) in [6.07, 6.45) is 0.839. The summed E-state index contributed by atoms with van der Waals surface area (Å²) in [7, 11) is 0. The normalized spacial score (nSPS) is 31.0. The van der Waals surface area contributed by atoms with Crippen LogP contribution in [0.5, 0.6) is 0 Å². The number of aliphatic hydroxyl groups excluding tert-OH is 1. The molecule has 0 aromatic carbocycles. The lowest BCUT2D eigenvalue weighted by molar-refractivity contribution is -0.186. The Morgan fingerprint density at radius 2 is 1.92 bits per heavy atom. The Morgan fingerprint density at radius 1 is 1.28 bits per heavy atom. The van der Waals surface area contributed by atoms with Gasteiger partial charge in [-0.25, -0.2) is 4.79 Å². The van der Waals surface area contributed by atoms with Crippen molar-refractivity contribution in [2.24, 2.45) is 11.8 Å². The largest absolute Gasteiger partial charge is 0.463 e. The topological polar surface area (TPSA) is 96.3 Å². The molecule has 2 rings (SSSR count). The van der Waals surface area contributed by atoms with Gasteiger partial charge in [-0.15, -0.1) is 0 Å². The third-order valence-electron chi connectivity index (χ3n) is 5.74. The molecule has 0 aromatic heterocycles. The van der Waals surface area contributed by atoms with Crippen LogP contribution in [0.4, 0.5) is 0 Å². The van der Waals surface area contributed by atoms with Gasteiger partial charge in [-0.05, 0) is 39.7 Å². The van der Waals surface area contributed by atoms with E-state index >= 15 is 0 Å². The van der Waals surface area contributed by atoms with Crippen LogP contribution >= 0.6 is 0 Å². The number of hydrogen-bond donors (Lipinski definition) is 2. The lowest BCUT2D eigenvalue weighted by atomic mass is 9.97. The number of carbonyl (C=O) groups is 2. The molecule has 0 bridgehead atoms. The van der Waals surface area contributed by atoms with Crippen molar-refractivity contribution in [3.8, 4) is 0 Å². The van der Waals surface area contributed by atoms with Crippen LogP contribution in [-0.4, -0.2) is 70.6 Å². The first-order chi connectivity index (χ1) is 11.7. The van der Waals surface area contributed by atoms with Gasteiger partial charge in [0.25, 0.3) is 0 Å². The van der Waals surface area contributed by atoms with Crippen LogP contribution in [0.25, 0.3) is 0 Å². The van der Waals surface area contributed by atoms with Crippen molar-refractivity contribution in [2.75, 3.05) is 19.7 Å². The zero-order valence-electron chi connectivity index (χ0n) is 15.6. The summed E-state index contributed by atoms with van der Waals surface area (Å²) in [5.41, 5.74) is -1.91. The summed E-state index contributed by atoms with van der Waals surface area (Å²) in [5, 5.41) is 20.5. The van der Waals surface area contributed by atoms with E-state index in [1.165, 1.54) is 13.8 Å². The fraction of sp³-hybridized carbons (Fsp3) is 0.889. The van der Waals surface area contributed by atoms with E-state index in [2.05, 4.69) is 4.90 Å². The quantitative estimate of drug-likeness (QED) is 0.648. The second kappa shape index (κ2) is 8.01. The van der Waals surface area contributed by atoms with Crippen molar-refractivity contribution in [3.63, 3.8) is 0 Å². The van der Waals surface area contributed by atoms with Crippen molar-refractivity contribution < 1.29 is 29.3 Å². The maximum absolute atomic E-state index is 12.3. The number of carbonyl (C=O) groups excluding carboxylic acids is 2. The molecule has 0 radical (unpaired) electrons. The second-order valence-electron chi connectivity index (χ2n) is 7.57. The monoisotopic (exact) mass is 357 g/mol. The van der Waals surface area contributed by atoms with Crippen LogP contribution in [0.3, 0.4) is 0 Å². The molecular weight excluding hydrogens is 326 g/mol. The molecule has 0 saturated carbocycles. The molecule has 0 spiro atoms. The van der Waals surface area contributed by atoms with Gasteiger partial charge in [0.05, 0.1) is 18.6 Å². The van der Waals surface area contributed by atoms with Crippen molar-refractivity contribution in [2.45, 2.75) is 70.8 Å². The minimum absolute atomic E-state index is 0.0263. The molecular formula is C18H31NO6.